The molecule has 2 rings (SSSR count). The lowest BCUT2D eigenvalue weighted by Gasteiger charge is -1.92. The summed E-state index contributed by atoms with van der Waals surface area (Å²) in [6.45, 7) is 3.67. The van der Waals surface area contributed by atoms with Gasteiger partial charge >= 0.3 is 0 Å². The molecule has 0 saturated heterocycles. The van der Waals surface area contributed by atoms with Gasteiger partial charge in [-0.1, -0.05) is 11.6 Å². The highest BCUT2D eigenvalue weighted by Crippen LogP contribution is 2.12. The van der Waals surface area contributed by atoms with Gasteiger partial charge in [0.2, 0.25) is 0 Å². The Hall–Kier alpha value is -1.68. The molecule has 90 valence electrons. The van der Waals surface area contributed by atoms with Crippen molar-refractivity contribution >= 4 is 17.3 Å². The maximum atomic E-state index is 12.3. The Morgan fingerprint density at radius 3 is 2.24 bits per heavy atom. The summed E-state index contributed by atoms with van der Waals surface area (Å²) in [4.78, 5) is 7.64. The third-order valence-electron chi connectivity index (χ3n) is 1.87. The van der Waals surface area contributed by atoms with E-state index in [-0.39, 0.29) is 5.02 Å². The first kappa shape index (κ1) is 13.4. The van der Waals surface area contributed by atoms with E-state index in [2.05, 4.69) is 9.97 Å². The molecule has 0 aliphatic carbocycles. The number of halogens is 2. The number of rotatable bonds is 0. The van der Waals surface area contributed by atoms with Gasteiger partial charge in [0.25, 0.3) is 0 Å². The molecule has 2 aromatic heterocycles. The first-order chi connectivity index (χ1) is 7.99. The van der Waals surface area contributed by atoms with E-state index < -0.39 is 5.82 Å². The van der Waals surface area contributed by atoms with Crippen molar-refractivity contribution in [2.75, 3.05) is 5.73 Å². The summed E-state index contributed by atoms with van der Waals surface area (Å²) in [5.41, 5.74) is 7.88. The van der Waals surface area contributed by atoms with E-state index in [9.17, 15) is 4.39 Å². The van der Waals surface area contributed by atoms with Gasteiger partial charge in [0.15, 0.2) is 5.82 Å². The van der Waals surface area contributed by atoms with E-state index in [1.807, 2.05) is 13.0 Å². The van der Waals surface area contributed by atoms with E-state index in [1.165, 1.54) is 6.07 Å². The minimum Gasteiger partial charge on any atom is -0.399 e. The average Bonchev–Trinajstić information content (AvgIpc) is 2.24. The molecule has 0 aliphatic heterocycles. The van der Waals surface area contributed by atoms with Crippen LogP contribution in [0.4, 0.5) is 10.1 Å². The summed E-state index contributed by atoms with van der Waals surface area (Å²) in [7, 11) is 0. The quantitative estimate of drug-likeness (QED) is 0.785. The number of nitrogens with zero attached hydrogens (tertiary/aromatic N) is 2. The Balaban J connectivity index is 0.000000171. The molecule has 3 nitrogen and oxygen atoms in total. The second-order valence-electron chi connectivity index (χ2n) is 3.47. The van der Waals surface area contributed by atoms with Crippen LogP contribution in [0.25, 0.3) is 0 Å². The normalized spacial score (nSPS) is 9.41. The van der Waals surface area contributed by atoms with Crippen LogP contribution in [0, 0.1) is 19.7 Å². The summed E-state index contributed by atoms with van der Waals surface area (Å²) in [6, 6.07) is 5.09. The van der Waals surface area contributed by atoms with Gasteiger partial charge in [0.05, 0.1) is 11.2 Å². The van der Waals surface area contributed by atoms with Crippen LogP contribution in [0.3, 0.4) is 0 Å². The molecule has 2 N–H and O–H groups in total. The lowest BCUT2D eigenvalue weighted by atomic mass is 10.3. The molecule has 0 spiro atoms. The number of anilines is 1. The monoisotopic (exact) mass is 253 g/mol. The van der Waals surface area contributed by atoms with Crippen molar-refractivity contribution in [2.24, 2.45) is 0 Å². The van der Waals surface area contributed by atoms with Gasteiger partial charge < -0.3 is 5.73 Å². The fourth-order valence-electron chi connectivity index (χ4n) is 1.08. The number of aryl methyl sites for hydroxylation is 2. The van der Waals surface area contributed by atoms with Crippen LogP contribution in [-0.4, -0.2) is 9.97 Å². The first-order valence-corrected chi connectivity index (χ1v) is 5.32. The smallest absolute Gasteiger partial charge is 0.160 e. The van der Waals surface area contributed by atoms with Gasteiger partial charge in [-0.05, 0) is 32.0 Å². The van der Waals surface area contributed by atoms with Gasteiger partial charge in [0, 0.05) is 23.3 Å². The second-order valence-corrected chi connectivity index (χ2v) is 3.88. The van der Waals surface area contributed by atoms with Crippen molar-refractivity contribution in [3.05, 3.63) is 52.8 Å². The molecule has 2 heterocycles. The van der Waals surface area contributed by atoms with Crippen LogP contribution in [0.15, 0.2) is 30.6 Å². The third-order valence-corrected chi connectivity index (χ3v) is 2.16. The van der Waals surface area contributed by atoms with E-state index in [4.69, 9.17) is 17.3 Å². The van der Waals surface area contributed by atoms with Crippen molar-refractivity contribution in [1.82, 2.24) is 9.97 Å². The van der Waals surface area contributed by atoms with Crippen LogP contribution in [0.2, 0.25) is 5.02 Å². The maximum Gasteiger partial charge on any atom is 0.160 e. The highest BCUT2D eigenvalue weighted by atomic mass is 35.5. The summed E-state index contributed by atoms with van der Waals surface area (Å²) in [5, 5.41) is 0.127. The zero-order valence-corrected chi connectivity index (χ0v) is 10.4. The standard InChI is InChI=1S/C6H5ClFN.C6H8N2/c1-4-2-5(7)6(8)3-9-4;1-5-4-6(7)2-3-8-5/h2-3H,1H3;2-4H,1H3,(H2,7,8). The molecule has 0 fully saturated rings. The molecular formula is C12H13ClFN3. The van der Waals surface area contributed by atoms with Gasteiger partial charge in [-0.2, -0.15) is 0 Å². The Labute approximate surface area is 104 Å². The highest BCUT2D eigenvalue weighted by molar-refractivity contribution is 6.30. The second kappa shape index (κ2) is 6.15. The summed E-state index contributed by atoms with van der Waals surface area (Å²) < 4.78 is 12.3. The maximum absolute atomic E-state index is 12.3. The van der Waals surface area contributed by atoms with E-state index in [0.717, 1.165) is 23.3 Å². The summed E-state index contributed by atoms with van der Waals surface area (Å²) >= 11 is 5.40. The van der Waals surface area contributed by atoms with Gasteiger partial charge in [-0.3, -0.25) is 9.97 Å². The van der Waals surface area contributed by atoms with Gasteiger partial charge in [0.1, 0.15) is 0 Å². The molecule has 0 saturated carbocycles. The SMILES string of the molecule is Cc1cc(Cl)c(F)cn1.Cc1cc(N)ccn1. The fraction of sp³-hybridized carbons (Fsp3) is 0.167. The lowest BCUT2D eigenvalue weighted by molar-refractivity contribution is 0.620. The Kier molecular flexibility index (Phi) is 4.84. The molecular weight excluding hydrogens is 241 g/mol. The number of hydrogen-bond acceptors (Lipinski definition) is 3. The topological polar surface area (TPSA) is 51.8 Å². The average molecular weight is 254 g/mol. The van der Waals surface area contributed by atoms with Crippen molar-refractivity contribution in [3.8, 4) is 0 Å². The number of hydrogen-bond donors (Lipinski definition) is 1. The molecule has 17 heavy (non-hydrogen) atoms. The molecule has 0 unspecified atom stereocenters. The number of nitrogens with two attached hydrogens (primary N) is 1. The number of nitrogen functional groups attached to an aromatic ring is 1. The predicted molar refractivity (Wildman–Crippen MR) is 67.3 cm³/mol. The largest absolute Gasteiger partial charge is 0.399 e. The Morgan fingerprint density at radius 2 is 1.82 bits per heavy atom. The van der Waals surface area contributed by atoms with Crippen molar-refractivity contribution in [3.63, 3.8) is 0 Å². The molecule has 0 amide bonds. The molecule has 0 aromatic carbocycles. The van der Waals surface area contributed by atoms with Crippen molar-refractivity contribution < 1.29 is 4.39 Å². The van der Waals surface area contributed by atoms with Crippen LogP contribution < -0.4 is 5.73 Å². The number of pyridine rings is 2. The predicted octanol–water partition coefficient (Wildman–Crippen LogP) is 3.15. The van der Waals surface area contributed by atoms with E-state index in [1.54, 1.807) is 19.2 Å². The summed E-state index contributed by atoms with van der Waals surface area (Å²) in [5.74, 6) is -0.470. The minimum absolute atomic E-state index is 0.127. The molecule has 0 atom stereocenters. The third kappa shape index (κ3) is 4.78. The van der Waals surface area contributed by atoms with Crippen molar-refractivity contribution in [2.45, 2.75) is 13.8 Å². The molecule has 2 aromatic rings. The lowest BCUT2D eigenvalue weighted by Crippen LogP contribution is -1.85. The zero-order valence-electron chi connectivity index (χ0n) is 9.61. The first-order valence-electron chi connectivity index (χ1n) is 4.95. The van der Waals surface area contributed by atoms with Crippen LogP contribution in [-0.2, 0) is 0 Å². The Bertz CT molecular complexity index is 486. The minimum atomic E-state index is -0.470. The molecule has 5 heteroatoms. The van der Waals surface area contributed by atoms with E-state index >= 15 is 0 Å². The van der Waals surface area contributed by atoms with Crippen LogP contribution in [0.1, 0.15) is 11.4 Å². The van der Waals surface area contributed by atoms with E-state index in [0.29, 0.717) is 0 Å². The molecule has 0 radical (unpaired) electrons. The fourth-order valence-corrected chi connectivity index (χ4v) is 1.28. The highest BCUT2D eigenvalue weighted by Gasteiger charge is 1.96. The van der Waals surface area contributed by atoms with Crippen molar-refractivity contribution in [1.29, 1.82) is 0 Å². The zero-order chi connectivity index (χ0) is 12.8. The van der Waals surface area contributed by atoms with Crippen LogP contribution >= 0.6 is 11.6 Å². The van der Waals surface area contributed by atoms with Gasteiger partial charge in [-0.25, -0.2) is 4.39 Å². The Morgan fingerprint density at radius 1 is 1.18 bits per heavy atom. The molecule has 0 bridgehead atoms. The van der Waals surface area contributed by atoms with Gasteiger partial charge in [-0.15, -0.1) is 0 Å². The number of aromatic nitrogens is 2. The molecule has 0 aliphatic rings. The summed E-state index contributed by atoms with van der Waals surface area (Å²) in [6.07, 6.45) is 2.81. The van der Waals surface area contributed by atoms with Crippen LogP contribution in [0.5, 0.6) is 0 Å².